The predicted octanol–water partition coefficient (Wildman–Crippen LogP) is 3.00. The van der Waals surface area contributed by atoms with Gasteiger partial charge in [-0.25, -0.2) is 0 Å². The summed E-state index contributed by atoms with van der Waals surface area (Å²) in [5, 5.41) is 3.43. The Labute approximate surface area is 111 Å². The third-order valence-corrected chi connectivity index (χ3v) is 4.01. The van der Waals surface area contributed by atoms with Crippen LogP contribution < -0.4 is 5.32 Å². The fourth-order valence-electron chi connectivity index (χ4n) is 3.04. The highest BCUT2D eigenvalue weighted by atomic mass is 15.2. The van der Waals surface area contributed by atoms with Crippen molar-refractivity contribution in [2.24, 2.45) is 0 Å². The minimum absolute atomic E-state index is 0.638. The van der Waals surface area contributed by atoms with Crippen LogP contribution in [0.25, 0.3) is 0 Å². The maximum atomic E-state index is 3.43. The number of aryl methyl sites for hydroxylation is 1. The van der Waals surface area contributed by atoms with Gasteiger partial charge in [0.05, 0.1) is 0 Å². The quantitative estimate of drug-likeness (QED) is 0.776. The van der Waals surface area contributed by atoms with Gasteiger partial charge >= 0.3 is 0 Å². The number of nitrogens with zero attached hydrogens (tertiary/aromatic N) is 1. The van der Waals surface area contributed by atoms with E-state index in [2.05, 4.69) is 48.3 Å². The molecule has 1 N–H and O–H groups in total. The summed E-state index contributed by atoms with van der Waals surface area (Å²) in [5.74, 6) is 0. The monoisotopic (exact) mass is 246 g/mol. The first-order valence-corrected chi connectivity index (χ1v) is 7.39. The van der Waals surface area contributed by atoms with E-state index in [1.807, 2.05) is 0 Å². The Kier molecular flexibility index (Phi) is 5.21. The number of hydrogen-bond acceptors (Lipinski definition) is 2. The van der Waals surface area contributed by atoms with Gasteiger partial charge in [0, 0.05) is 19.1 Å². The van der Waals surface area contributed by atoms with Gasteiger partial charge in [0.1, 0.15) is 0 Å². The molecule has 1 aliphatic rings. The maximum absolute atomic E-state index is 3.43. The molecule has 1 aromatic rings. The largest absolute Gasteiger partial charge is 0.316 e. The Balaban J connectivity index is 2.07. The van der Waals surface area contributed by atoms with Crippen LogP contribution in [0.3, 0.4) is 0 Å². The lowest BCUT2D eigenvalue weighted by Gasteiger charge is -2.35. The van der Waals surface area contributed by atoms with Crippen molar-refractivity contribution in [3.63, 3.8) is 0 Å². The molecular formula is C16H26N2. The van der Waals surface area contributed by atoms with E-state index >= 15 is 0 Å². The van der Waals surface area contributed by atoms with Crippen molar-refractivity contribution >= 4 is 0 Å². The summed E-state index contributed by atoms with van der Waals surface area (Å²) in [6.07, 6.45) is 3.91. The van der Waals surface area contributed by atoms with E-state index in [4.69, 9.17) is 0 Å². The smallest absolute Gasteiger partial charge is 0.0351 e. The lowest BCUT2D eigenvalue weighted by atomic mass is 9.87. The summed E-state index contributed by atoms with van der Waals surface area (Å²) < 4.78 is 0. The summed E-state index contributed by atoms with van der Waals surface area (Å²) in [4.78, 5) is 2.63. The normalized spacial score (nSPS) is 18.9. The molecule has 0 aliphatic heterocycles. The SMILES string of the molecule is CCNCCN(CC)C1CCCc2ccccc21. The Bertz CT molecular complexity index is 362. The second kappa shape index (κ2) is 6.91. The molecule has 0 amide bonds. The van der Waals surface area contributed by atoms with E-state index in [-0.39, 0.29) is 0 Å². The standard InChI is InChI=1S/C16H26N2/c1-3-17-12-13-18(4-2)16-11-7-9-14-8-5-6-10-15(14)16/h5-6,8,10,16-17H,3-4,7,9,11-13H2,1-2H3. The van der Waals surface area contributed by atoms with Crippen molar-refractivity contribution in [3.8, 4) is 0 Å². The first kappa shape index (κ1) is 13.6. The fraction of sp³-hybridized carbons (Fsp3) is 0.625. The maximum Gasteiger partial charge on any atom is 0.0351 e. The van der Waals surface area contributed by atoms with Gasteiger partial charge in [-0.3, -0.25) is 4.90 Å². The van der Waals surface area contributed by atoms with Crippen molar-refractivity contribution in [1.82, 2.24) is 10.2 Å². The first-order chi connectivity index (χ1) is 8.86. The minimum atomic E-state index is 0.638. The zero-order valence-electron chi connectivity index (χ0n) is 11.8. The highest BCUT2D eigenvalue weighted by Gasteiger charge is 2.24. The molecule has 0 saturated heterocycles. The fourth-order valence-corrected chi connectivity index (χ4v) is 3.04. The van der Waals surface area contributed by atoms with Crippen molar-refractivity contribution < 1.29 is 0 Å². The zero-order valence-corrected chi connectivity index (χ0v) is 11.8. The molecule has 0 fully saturated rings. The van der Waals surface area contributed by atoms with Crippen LogP contribution in [0.2, 0.25) is 0 Å². The lowest BCUT2D eigenvalue weighted by molar-refractivity contribution is 0.189. The van der Waals surface area contributed by atoms with Crippen LogP contribution in [0, 0.1) is 0 Å². The molecule has 2 rings (SSSR count). The Morgan fingerprint density at radius 2 is 2.11 bits per heavy atom. The van der Waals surface area contributed by atoms with Crippen LogP contribution in [-0.4, -0.2) is 31.1 Å². The number of fused-ring (bicyclic) bond motifs is 1. The van der Waals surface area contributed by atoms with E-state index < -0.39 is 0 Å². The molecule has 0 radical (unpaired) electrons. The molecule has 1 unspecified atom stereocenters. The van der Waals surface area contributed by atoms with Gasteiger partial charge < -0.3 is 5.32 Å². The van der Waals surface area contributed by atoms with Gasteiger partial charge in [0.15, 0.2) is 0 Å². The van der Waals surface area contributed by atoms with Crippen LogP contribution >= 0.6 is 0 Å². The Hall–Kier alpha value is -0.860. The highest BCUT2D eigenvalue weighted by Crippen LogP contribution is 2.33. The summed E-state index contributed by atoms with van der Waals surface area (Å²) in [5.41, 5.74) is 3.14. The van der Waals surface area contributed by atoms with Crippen LogP contribution in [0.5, 0.6) is 0 Å². The summed E-state index contributed by atoms with van der Waals surface area (Å²) in [7, 11) is 0. The van der Waals surface area contributed by atoms with Crippen LogP contribution in [0.15, 0.2) is 24.3 Å². The van der Waals surface area contributed by atoms with Gasteiger partial charge in [-0.2, -0.15) is 0 Å². The number of benzene rings is 1. The van der Waals surface area contributed by atoms with E-state index in [9.17, 15) is 0 Å². The molecule has 0 spiro atoms. The topological polar surface area (TPSA) is 15.3 Å². The first-order valence-electron chi connectivity index (χ1n) is 7.39. The average molecular weight is 246 g/mol. The molecular weight excluding hydrogens is 220 g/mol. The number of hydrogen-bond donors (Lipinski definition) is 1. The molecule has 0 heterocycles. The van der Waals surface area contributed by atoms with Gasteiger partial charge in [-0.05, 0) is 43.5 Å². The van der Waals surface area contributed by atoms with Gasteiger partial charge in [-0.1, -0.05) is 38.1 Å². The van der Waals surface area contributed by atoms with Crippen molar-refractivity contribution in [2.45, 2.75) is 39.2 Å². The second-order valence-electron chi connectivity index (χ2n) is 5.09. The van der Waals surface area contributed by atoms with Crippen LogP contribution in [0.4, 0.5) is 0 Å². The van der Waals surface area contributed by atoms with E-state index in [1.165, 1.54) is 19.3 Å². The minimum Gasteiger partial charge on any atom is -0.316 e. The molecule has 0 saturated carbocycles. The van der Waals surface area contributed by atoms with Crippen molar-refractivity contribution in [1.29, 1.82) is 0 Å². The summed E-state index contributed by atoms with van der Waals surface area (Å²) in [6.45, 7) is 8.92. The Morgan fingerprint density at radius 3 is 2.89 bits per heavy atom. The highest BCUT2D eigenvalue weighted by molar-refractivity contribution is 5.32. The van der Waals surface area contributed by atoms with Crippen LogP contribution in [0.1, 0.15) is 43.9 Å². The molecule has 100 valence electrons. The predicted molar refractivity (Wildman–Crippen MR) is 77.9 cm³/mol. The molecule has 0 aromatic heterocycles. The summed E-state index contributed by atoms with van der Waals surface area (Å²) >= 11 is 0. The third kappa shape index (κ3) is 3.12. The zero-order chi connectivity index (χ0) is 12.8. The lowest BCUT2D eigenvalue weighted by Crippen LogP contribution is -2.36. The van der Waals surface area contributed by atoms with E-state index in [0.29, 0.717) is 6.04 Å². The molecule has 0 bridgehead atoms. The molecule has 1 aromatic carbocycles. The summed E-state index contributed by atoms with van der Waals surface area (Å²) in [6, 6.07) is 9.64. The number of nitrogens with one attached hydrogen (secondary N) is 1. The van der Waals surface area contributed by atoms with E-state index in [1.54, 1.807) is 11.1 Å². The third-order valence-electron chi connectivity index (χ3n) is 4.01. The van der Waals surface area contributed by atoms with Crippen molar-refractivity contribution in [2.75, 3.05) is 26.2 Å². The molecule has 1 atom stereocenters. The molecule has 2 nitrogen and oxygen atoms in total. The average Bonchev–Trinajstić information content (AvgIpc) is 2.43. The molecule has 2 heteroatoms. The van der Waals surface area contributed by atoms with Crippen LogP contribution in [-0.2, 0) is 6.42 Å². The van der Waals surface area contributed by atoms with Gasteiger partial charge in [0.25, 0.3) is 0 Å². The van der Waals surface area contributed by atoms with E-state index in [0.717, 1.165) is 26.2 Å². The molecule has 18 heavy (non-hydrogen) atoms. The van der Waals surface area contributed by atoms with Gasteiger partial charge in [0.2, 0.25) is 0 Å². The van der Waals surface area contributed by atoms with Gasteiger partial charge in [-0.15, -0.1) is 0 Å². The number of rotatable bonds is 6. The van der Waals surface area contributed by atoms with Crippen molar-refractivity contribution in [3.05, 3.63) is 35.4 Å². The second-order valence-corrected chi connectivity index (χ2v) is 5.09. The number of likely N-dealkylation sites (N-methyl/N-ethyl adjacent to an activating group) is 2. The Morgan fingerprint density at radius 1 is 1.28 bits per heavy atom. The molecule has 1 aliphatic carbocycles.